The molecule has 1 aliphatic rings. The number of carbonyl (C=O) groups is 1. The summed E-state index contributed by atoms with van der Waals surface area (Å²) in [6.45, 7) is 3.14. The Morgan fingerprint density at radius 3 is 2.88 bits per heavy atom. The van der Waals surface area contributed by atoms with Crippen molar-refractivity contribution >= 4 is 17.7 Å². The van der Waals surface area contributed by atoms with Gasteiger partial charge in [-0.1, -0.05) is 13.3 Å². The van der Waals surface area contributed by atoms with Crippen molar-refractivity contribution in [3.05, 3.63) is 0 Å². The second-order valence-corrected chi connectivity index (χ2v) is 5.84. The Labute approximate surface area is 103 Å². The molecule has 0 aromatic rings. The minimum absolute atomic E-state index is 0.214. The van der Waals surface area contributed by atoms with Crippen molar-refractivity contribution in [1.29, 1.82) is 0 Å². The molecule has 0 radical (unpaired) electrons. The average molecular weight is 245 g/mol. The molecular weight excluding hydrogens is 222 g/mol. The molecule has 0 aromatic carbocycles. The van der Waals surface area contributed by atoms with Gasteiger partial charge in [-0.2, -0.15) is 0 Å². The van der Waals surface area contributed by atoms with Gasteiger partial charge in [-0.25, -0.2) is 0 Å². The lowest BCUT2D eigenvalue weighted by molar-refractivity contribution is -0.136. The van der Waals surface area contributed by atoms with Gasteiger partial charge < -0.3 is 10.0 Å². The Balaban J connectivity index is 2.20. The van der Waals surface area contributed by atoms with Crippen LogP contribution < -0.4 is 0 Å². The summed E-state index contributed by atoms with van der Waals surface area (Å²) >= 11 is 1.60. The van der Waals surface area contributed by atoms with Crippen molar-refractivity contribution < 1.29 is 9.90 Å². The Hall–Kier alpha value is -0.220. The number of likely N-dealkylation sites (tertiary alicyclic amines) is 1. The van der Waals surface area contributed by atoms with E-state index in [1.54, 1.807) is 11.8 Å². The highest BCUT2D eigenvalue weighted by molar-refractivity contribution is 8.00. The fourth-order valence-corrected chi connectivity index (χ4v) is 3.29. The molecule has 0 amide bonds. The first-order valence-corrected chi connectivity index (χ1v) is 7.24. The SMILES string of the molecule is CCC(SCCC1CCCCN1C)C(=O)O. The van der Waals surface area contributed by atoms with Crippen LogP contribution in [-0.2, 0) is 4.79 Å². The molecule has 94 valence electrons. The highest BCUT2D eigenvalue weighted by Gasteiger charge is 2.20. The summed E-state index contributed by atoms with van der Waals surface area (Å²) in [5.74, 6) is 0.310. The number of piperidine rings is 1. The van der Waals surface area contributed by atoms with Gasteiger partial charge in [-0.3, -0.25) is 4.79 Å². The van der Waals surface area contributed by atoms with E-state index in [9.17, 15) is 4.79 Å². The number of carboxylic acid groups (broad SMARTS) is 1. The van der Waals surface area contributed by atoms with E-state index < -0.39 is 5.97 Å². The van der Waals surface area contributed by atoms with E-state index in [0.717, 1.165) is 18.6 Å². The van der Waals surface area contributed by atoms with Gasteiger partial charge in [0, 0.05) is 6.04 Å². The Bertz CT molecular complexity index is 223. The standard InChI is InChI=1S/C12H23NO2S/c1-3-11(12(14)15)16-9-7-10-6-4-5-8-13(10)2/h10-11H,3-9H2,1-2H3,(H,14,15). The highest BCUT2D eigenvalue weighted by atomic mass is 32.2. The first-order chi connectivity index (χ1) is 7.65. The van der Waals surface area contributed by atoms with Crippen molar-refractivity contribution in [3.63, 3.8) is 0 Å². The third-order valence-corrected chi connectivity index (χ3v) is 4.75. The number of thioether (sulfide) groups is 1. The van der Waals surface area contributed by atoms with E-state index in [1.807, 2.05) is 6.92 Å². The predicted molar refractivity (Wildman–Crippen MR) is 69.1 cm³/mol. The molecule has 0 aliphatic carbocycles. The molecule has 1 saturated heterocycles. The monoisotopic (exact) mass is 245 g/mol. The van der Waals surface area contributed by atoms with Crippen molar-refractivity contribution in [1.82, 2.24) is 4.90 Å². The van der Waals surface area contributed by atoms with E-state index in [2.05, 4.69) is 11.9 Å². The van der Waals surface area contributed by atoms with Gasteiger partial charge in [-0.15, -0.1) is 11.8 Å². The largest absolute Gasteiger partial charge is 0.480 e. The number of rotatable bonds is 6. The van der Waals surface area contributed by atoms with E-state index >= 15 is 0 Å². The number of carboxylic acids is 1. The second kappa shape index (κ2) is 7.17. The second-order valence-electron chi connectivity index (χ2n) is 4.52. The summed E-state index contributed by atoms with van der Waals surface area (Å²) < 4.78 is 0. The summed E-state index contributed by atoms with van der Waals surface area (Å²) in [7, 11) is 2.18. The molecule has 1 N–H and O–H groups in total. The van der Waals surface area contributed by atoms with Crippen molar-refractivity contribution in [2.24, 2.45) is 0 Å². The number of hydrogen-bond acceptors (Lipinski definition) is 3. The summed E-state index contributed by atoms with van der Waals surface area (Å²) in [5, 5.41) is 8.72. The zero-order valence-corrected chi connectivity index (χ0v) is 11.1. The number of hydrogen-bond donors (Lipinski definition) is 1. The quantitative estimate of drug-likeness (QED) is 0.780. The topological polar surface area (TPSA) is 40.5 Å². The first-order valence-electron chi connectivity index (χ1n) is 6.19. The van der Waals surface area contributed by atoms with Gasteiger partial charge in [0.25, 0.3) is 0 Å². The summed E-state index contributed by atoms with van der Waals surface area (Å²) in [4.78, 5) is 13.3. The van der Waals surface area contributed by atoms with Crippen molar-refractivity contribution in [2.75, 3.05) is 19.3 Å². The van der Waals surface area contributed by atoms with Crippen LogP contribution in [0.4, 0.5) is 0 Å². The molecular formula is C12H23NO2S. The zero-order chi connectivity index (χ0) is 12.0. The Kier molecular flexibility index (Phi) is 6.21. The minimum atomic E-state index is -0.663. The summed E-state index contributed by atoms with van der Waals surface area (Å²) in [5.41, 5.74) is 0. The van der Waals surface area contributed by atoms with Crippen molar-refractivity contribution in [2.45, 2.75) is 50.3 Å². The molecule has 3 nitrogen and oxygen atoms in total. The first kappa shape index (κ1) is 13.8. The predicted octanol–water partition coefficient (Wildman–Crippen LogP) is 2.46. The molecule has 1 heterocycles. The van der Waals surface area contributed by atoms with Gasteiger partial charge in [0.05, 0.1) is 0 Å². The van der Waals surface area contributed by atoms with E-state index in [4.69, 9.17) is 5.11 Å². The maximum absolute atomic E-state index is 10.8. The lowest BCUT2D eigenvalue weighted by atomic mass is 10.0. The average Bonchev–Trinajstić information content (AvgIpc) is 2.26. The fourth-order valence-electron chi connectivity index (χ4n) is 2.22. The molecule has 16 heavy (non-hydrogen) atoms. The van der Waals surface area contributed by atoms with Crippen LogP contribution in [0.3, 0.4) is 0 Å². The molecule has 2 atom stereocenters. The van der Waals surface area contributed by atoms with Crippen molar-refractivity contribution in [3.8, 4) is 0 Å². The summed E-state index contributed by atoms with van der Waals surface area (Å²) in [6.07, 6.45) is 5.77. The van der Waals surface area contributed by atoms with Gasteiger partial charge >= 0.3 is 5.97 Å². The van der Waals surface area contributed by atoms with Crippen LogP contribution in [0.25, 0.3) is 0 Å². The molecule has 0 aromatic heterocycles. The highest BCUT2D eigenvalue weighted by Crippen LogP contribution is 2.22. The maximum atomic E-state index is 10.8. The van der Waals surface area contributed by atoms with E-state index in [1.165, 1.54) is 25.8 Å². The molecule has 0 bridgehead atoms. The smallest absolute Gasteiger partial charge is 0.316 e. The van der Waals surface area contributed by atoms with Gasteiger partial charge in [0.15, 0.2) is 0 Å². The minimum Gasteiger partial charge on any atom is -0.480 e. The third kappa shape index (κ3) is 4.34. The van der Waals surface area contributed by atoms with Crippen LogP contribution >= 0.6 is 11.8 Å². The number of nitrogens with zero attached hydrogens (tertiary/aromatic N) is 1. The maximum Gasteiger partial charge on any atom is 0.316 e. The molecule has 0 spiro atoms. The Morgan fingerprint density at radius 1 is 1.56 bits per heavy atom. The molecule has 4 heteroatoms. The van der Waals surface area contributed by atoms with Gasteiger partial charge in [-0.05, 0) is 45.0 Å². The summed E-state index contributed by atoms with van der Waals surface area (Å²) in [6, 6.07) is 0.674. The lowest BCUT2D eigenvalue weighted by Crippen LogP contribution is -2.36. The van der Waals surface area contributed by atoms with Crippen LogP contribution in [0.15, 0.2) is 0 Å². The molecule has 1 rings (SSSR count). The third-order valence-electron chi connectivity index (χ3n) is 3.34. The van der Waals surface area contributed by atoms with Crippen LogP contribution in [0.5, 0.6) is 0 Å². The van der Waals surface area contributed by atoms with Gasteiger partial charge in [0.1, 0.15) is 5.25 Å². The lowest BCUT2D eigenvalue weighted by Gasteiger charge is -2.32. The van der Waals surface area contributed by atoms with Crippen LogP contribution in [0, 0.1) is 0 Å². The molecule has 0 saturated carbocycles. The molecule has 1 fully saturated rings. The molecule has 1 aliphatic heterocycles. The van der Waals surface area contributed by atoms with Gasteiger partial charge in [0.2, 0.25) is 0 Å². The fraction of sp³-hybridized carbons (Fsp3) is 0.917. The Morgan fingerprint density at radius 2 is 2.31 bits per heavy atom. The zero-order valence-electron chi connectivity index (χ0n) is 10.3. The molecule has 2 unspecified atom stereocenters. The van der Waals surface area contributed by atoms with Crippen LogP contribution in [-0.4, -0.2) is 46.6 Å². The normalized spacial score (nSPS) is 24.2. The van der Waals surface area contributed by atoms with Crippen LogP contribution in [0.2, 0.25) is 0 Å². The van der Waals surface area contributed by atoms with Crippen LogP contribution in [0.1, 0.15) is 39.0 Å². The van der Waals surface area contributed by atoms with E-state index in [-0.39, 0.29) is 5.25 Å². The number of aliphatic carboxylic acids is 1. The van der Waals surface area contributed by atoms with E-state index in [0.29, 0.717) is 6.04 Å².